The number of carbonyl (C=O) groups is 1. The number of hydrogen-bond acceptors (Lipinski definition) is 4. The Balaban J connectivity index is 0.00000242. The molecule has 0 aromatic heterocycles. The molecule has 0 saturated heterocycles. The topological polar surface area (TPSA) is 64.3 Å². The summed E-state index contributed by atoms with van der Waals surface area (Å²) in [5.74, 6) is 2.24. The molecule has 124 valence electrons. The quantitative estimate of drug-likeness (QED) is 0.746. The largest absolute Gasteiger partial charge is 0.497 e. The lowest BCUT2D eigenvalue weighted by Crippen LogP contribution is -2.39. The van der Waals surface area contributed by atoms with E-state index in [2.05, 4.69) is 5.32 Å². The number of nitrogens with two attached hydrogens (primary N) is 1. The zero-order valence-corrected chi connectivity index (χ0v) is 14.6. The van der Waals surface area contributed by atoms with E-state index in [0.29, 0.717) is 18.9 Å². The molecule has 0 spiro atoms. The van der Waals surface area contributed by atoms with Crippen molar-refractivity contribution in [1.82, 2.24) is 5.32 Å². The molecule has 1 aliphatic rings. The van der Waals surface area contributed by atoms with Gasteiger partial charge in [0.1, 0.15) is 5.75 Å². The number of amides is 1. The van der Waals surface area contributed by atoms with Crippen molar-refractivity contribution in [2.24, 2.45) is 11.7 Å². The molecule has 2 unspecified atom stereocenters. The van der Waals surface area contributed by atoms with Crippen molar-refractivity contribution in [3.63, 3.8) is 0 Å². The normalized spacial score (nSPS) is 20.3. The molecule has 0 radical (unpaired) electrons. The Kier molecular flexibility index (Phi) is 8.68. The van der Waals surface area contributed by atoms with E-state index in [4.69, 9.17) is 10.5 Å². The Morgan fingerprint density at radius 3 is 2.73 bits per heavy atom. The lowest BCUT2D eigenvalue weighted by molar-refractivity contribution is -0.121. The maximum absolute atomic E-state index is 12.0. The molecule has 0 heterocycles. The number of methoxy groups -OCH3 is 1. The molecule has 1 fully saturated rings. The summed E-state index contributed by atoms with van der Waals surface area (Å²) in [6, 6.07) is 8.19. The molecule has 3 N–H and O–H groups in total. The molecule has 1 aromatic rings. The van der Waals surface area contributed by atoms with Crippen LogP contribution in [0, 0.1) is 5.92 Å². The summed E-state index contributed by atoms with van der Waals surface area (Å²) in [7, 11) is 1.66. The second-order valence-electron chi connectivity index (χ2n) is 5.37. The van der Waals surface area contributed by atoms with Gasteiger partial charge < -0.3 is 15.8 Å². The minimum absolute atomic E-state index is 0. The SMILES string of the molecule is COc1ccc(SCCC(=O)NC2CCCC2CN)cc1.Cl. The monoisotopic (exact) mass is 344 g/mol. The molecule has 2 atom stereocenters. The standard InChI is InChI=1S/C16H24N2O2S.ClH/c1-20-13-5-7-14(8-6-13)21-10-9-16(19)18-15-4-2-3-12(15)11-17;/h5-8,12,15H,2-4,9-11,17H2,1H3,(H,18,19);1H. The number of nitrogens with one attached hydrogen (secondary N) is 1. The fourth-order valence-electron chi connectivity index (χ4n) is 2.72. The number of rotatable bonds is 7. The summed E-state index contributed by atoms with van der Waals surface area (Å²) in [5.41, 5.74) is 5.73. The van der Waals surface area contributed by atoms with E-state index in [1.807, 2.05) is 24.3 Å². The van der Waals surface area contributed by atoms with Gasteiger partial charge in [0, 0.05) is 23.1 Å². The van der Waals surface area contributed by atoms with Gasteiger partial charge in [0.25, 0.3) is 0 Å². The summed E-state index contributed by atoms with van der Waals surface area (Å²) < 4.78 is 5.12. The third-order valence-electron chi connectivity index (χ3n) is 3.97. The molecule has 6 heteroatoms. The summed E-state index contributed by atoms with van der Waals surface area (Å²) in [5, 5.41) is 3.13. The van der Waals surface area contributed by atoms with Crippen LogP contribution in [0.15, 0.2) is 29.2 Å². The highest BCUT2D eigenvalue weighted by Gasteiger charge is 2.26. The van der Waals surface area contributed by atoms with Crippen LogP contribution >= 0.6 is 24.2 Å². The minimum atomic E-state index is 0. The Labute approximate surface area is 143 Å². The first-order chi connectivity index (χ1) is 10.2. The Hall–Kier alpha value is -0.910. The van der Waals surface area contributed by atoms with Crippen molar-refractivity contribution in [3.8, 4) is 5.75 Å². The van der Waals surface area contributed by atoms with Gasteiger partial charge in [-0.25, -0.2) is 0 Å². The van der Waals surface area contributed by atoms with E-state index in [1.54, 1.807) is 18.9 Å². The Morgan fingerprint density at radius 2 is 2.09 bits per heavy atom. The van der Waals surface area contributed by atoms with Crippen LogP contribution in [0.4, 0.5) is 0 Å². The lowest BCUT2D eigenvalue weighted by Gasteiger charge is -2.19. The van der Waals surface area contributed by atoms with Gasteiger partial charge in [0.05, 0.1) is 7.11 Å². The smallest absolute Gasteiger partial charge is 0.221 e. The fourth-order valence-corrected chi connectivity index (χ4v) is 3.57. The van der Waals surface area contributed by atoms with Crippen LogP contribution in [0.3, 0.4) is 0 Å². The minimum Gasteiger partial charge on any atom is -0.497 e. The van der Waals surface area contributed by atoms with Crippen molar-refractivity contribution >= 4 is 30.1 Å². The number of hydrogen-bond donors (Lipinski definition) is 2. The number of halogens is 1. The summed E-state index contributed by atoms with van der Waals surface area (Å²) in [6.07, 6.45) is 3.93. The maximum atomic E-state index is 12.0. The van der Waals surface area contributed by atoms with Crippen LogP contribution in [0.5, 0.6) is 5.75 Å². The van der Waals surface area contributed by atoms with Gasteiger partial charge in [-0.3, -0.25) is 4.79 Å². The van der Waals surface area contributed by atoms with Gasteiger partial charge >= 0.3 is 0 Å². The van der Waals surface area contributed by atoms with Gasteiger partial charge in [0.2, 0.25) is 5.91 Å². The zero-order chi connectivity index (χ0) is 15.1. The first-order valence-corrected chi connectivity index (χ1v) is 8.47. The van der Waals surface area contributed by atoms with Crippen molar-refractivity contribution < 1.29 is 9.53 Å². The van der Waals surface area contributed by atoms with Gasteiger partial charge in [-0.1, -0.05) is 6.42 Å². The molecule has 1 saturated carbocycles. The van der Waals surface area contributed by atoms with E-state index in [0.717, 1.165) is 29.2 Å². The first kappa shape index (κ1) is 19.1. The van der Waals surface area contributed by atoms with E-state index in [-0.39, 0.29) is 24.4 Å². The molecule has 22 heavy (non-hydrogen) atoms. The van der Waals surface area contributed by atoms with Gasteiger partial charge in [-0.2, -0.15) is 0 Å². The van der Waals surface area contributed by atoms with Crippen molar-refractivity contribution in [2.45, 2.75) is 36.6 Å². The molecular formula is C16H25ClN2O2S. The molecule has 1 aromatic carbocycles. The maximum Gasteiger partial charge on any atom is 0.221 e. The second kappa shape index (κ2) is 9.98. The van der Waals surface area contributed by atoms with Crippen molar-refractivity contribution in [2.75, 3.05) is 19.4 Å². The summed E-state index contributed by atoms with van der Waals surface area (Å²) in [4.78, 5) is 13.1. The van der Waals surface area contributed by atoms with Gasteiger partial charge in [-0.15, -0.1) is 24.2 Å². The van der Waals surface area contributed by atoms with E-state index < -0.39 is 0 Å². The second-order valence-corrected chi connectivity index (χ2v) is 6.54. The molecular weight excluding hydrogens is 320 g/mol. The molecule has 2 rings (SSSR count). The molecule has 0 aliphatic heterocycles. The van der Waals surface area contributed by atoms with Gasteiger partial charge in [0.15, 0.2) is 0 Å². The number of thioether (sulfide) groups is 1. The van der Waals surface area contributed by atoms with Crippen LogP contribution in [-0.2, 0) is 4.79 Å². The number of benzene rings is 1. The zero-order valence-electron chi connectivity index (χ0n) is 12.9. The molecule has 1 aliphatic carbocycles. The highest BCUT2D eigenvalue weighted by atomic mass is 35.5. The third kappa shape index (κ3) is 5.71. The van der Waals surface area contributed by atoms with E-state index in [9.17, 15) is 4.79 Å². The van der Waals surface area contributed by atoms with Crippen LogP contribution < -0.4 is 15.8 Å². The average Bonchev–Trinajstić information content (AvgIpc) is 2.95. The van der Waals surface area contributed by atoms with Gasteiger partial charge in [-0.05, 0) is 49.6 Å². The predicted octanol–water partition coefficient (Wildman–Crippen LogP) is 2.84. The Morgan fingerprint density at radius 1 is 1.36 bits per heavy atom. The van der Waals surface area contributed by atoms with Crippen LogP contribution in [0.1, 0.15) is 25.7 Å². The number of ether oxygens (including phenoxy) is 1. The van der Waals surface area contributed by atoms with Crippen LogP contribution in [0.2, 0.25) is 0 Å². The Bertz CT molecular complexity index is 456. The van der Waals surface area contributed by atoms with Crippen LogP contribution in [-0.4, -0.2) is 31.4 Å². The van der Waals surface area contributed by atoms with Crippen molar-refractivity contribution in [1.29, 1.82) is 0 Å². The van der Waals surface area contributed by atoms with Crippen LogP contribution in [0.25, 0.3) is 0 Å². The van der Waals surface area contributed by atoms with E-state index >= 15 is 0 Å². The third-order valence-corrected chi connectivity index (χ3v) is 4.98. The summed E-state index contributed by atoms with van der Waals surface area (Å²) >= 11 is 1.69. The highest BCUT2D eigenvalue weighted by molar-refractivity contribution is 7.99. The molecule has 1 amide bonds. The lowest BCUT2D eigenvalue weighted by atomic mass is 10.0. The average molecular weight is 345 g/mol. The highest BCUT2D eigenvalue weighted by Crippen LogP contribution is 2.25. The number of carbonyl (C=O) groups excluding carboxylic acids is 1. The predicted molar refractivity (Wildman–Crippen MR) is 93.9 cm³/mol. The fraction of sp³-hybridized carbons (Fsp3) is 0.562. The van der Waals surface area contributed by atoms with Crippen molar-refractivity contribution in [3.05, 3.63) is 24.3 Å². The molecule has 0 bridgehead atoms. The molecule has 4 nitrogen and oxygen atoms in total. The summed E-state index contributed by atoms with van der Waals surface area (Å²) in [6.45, 7) is 0.672. The first-order valence-electron chi connectivity index (χ1n) is 7.49. The van der Waals surface area contributed by atoms with E-state index in [1.165, 1.54) is 6.42 Å².